The molecule has 1 aliphatic heterocycles. The molecule has 1 heterocycles. The van der Waals surface area contributed by atoms with Gasteiger partial charge in [0, 0.05) is 11.1 Å². The number of rotatable bonds is 4. The van der Waals surface area contributed by atoms with Gasteiger partial charge in [-0.2, -0.15) is 0 Å². The highest BCUT2D eigenvalue weighted by Gasteiger charge is 2.26. The number of anilines is 1. The van der Waals surface area contributed by atoms with Gasteiger partial charge in [0.2, 0.25) is 5.91 Å². The van der Waals surface area contributed by atoms with Crippen LogP contribution in [-0.4, -0.2) is 18.1 Å². The van der Waals surface area contributed by atoms with E-state index < -0.39 is 6.10 Å². The number of nitrogens with one attached hydrogen (secondary N) is 1. The fourth-order valence-electron chi connectivity index (χ4n) is 2.92. The first-order valence-electron chi connectivity index (χ1n) is 7.40. The summed E-state index contributed by atoms with van der Waals surface area (Å²) < 4.78 is 5.34. The van der Waals surface area contributed by atoms with Crippen LogP contribution >= 0.6 is 0 Å². The number of ether oxygens (including phenoxy) is 1. The van der Waals surface area contributed by atoms with Gasteiger partial charge in [-0.3, -0.25) is 4.79 Å². The number of hydrogen-bond acceptors (Lipinski definition) is 3. The summed E-state index contributed by atoms with van der Waals surface area (Å²) in [6, 6.07) is 11.4. The predicted octanol–water partition coefficient (Wildman–Crippen LogP) is 2.83. The molecular formula is C18H19NO3. The van der Waals surface area contributed by atoms with Gasteiger partial charge in [-0.25, -0.2) is 0 Å². The summed E-state index contributed by atoms with van der Waals surface area (Å²) in [7, 11) is 1.58. The standard InChI is InChI=1S/C18H19NO3/c1-3-11-8-12-10-16(20)19-17(12)14(9-11)18(21)13-6-4-5-7-15(13)22-2/h4-9,18,21H,3,10H2,1-2H3,(H,19,20). The van der Waals surface area contributed by atoms with Gasteiger partial charge < -0.3 is 15.2 Å². The van der Waals surface area contributed by atoms with Crippen molar-refractivity contribution in [3.8, 4) is 5.75 Å². The van der Waals surface area contributed by atoms with Crippen LogP contribution in [0.2, 0.25) is 0 Å². The van der Waals surface area contributed by atoms with Crippen molar-refractivity contribution in [1.29, 1.82) is 0 Å². The molecule has 1 atom stereocenters. The van der Waals surface area contributed by atoms with Crippen molar-refractivity contribution >= 4 is 11.6 Å². The summed E-state index contributed by atoms with van der Waals surface area (Å²) in [5.74, 6) is 0.603. The monoisotopic (exact) mass is 297 g/mol. The van der Waals surface area contributed by atoms with Gasteiger partial charge in [0.25, 0.3) is 0 Å². The smallest absolute Gasteiger partial charge is 0.228 e. The molecule has 4 heteroatoms. The molecule has 0 saturated heterocycles. The number of carbonyl (C=O) groups is 1. The van der Waals surface area contributed by atoms with E-state index in [0.717, 1.165) is 28.8 Å². The fraction of sp³-hybridized carbons (Fsp3) is 0.278. The molecule has 2 N–H and O–H groups in total. The van der Waals surface area contributed by atoms with Crippen LogP contribution in [0.25, 0.3) is 0 Å². The molecule has 0 aromatic heterocycles. The zero-order valence-corrected chi connectivity index (χ0v) is 12.7. The van der Waals surface area contributed by atoms with Crippen molar-refractivity contribution < 1.29 is 14.6 Å². The normalized spacial score (nSPS) is 14.4. The summed E-state index contributed by atoms with van der Waals surface area (Å²) in [5.41, 5.74) is 4.22. The Morgan fingerprint density at radius 3 is 2.77 bits per heavy atom. The van der Waals surface area contributed by atoms with E-state index in [9.17, 15) is 9.90 Å². The third-order valence-electron chi connectivity index (χ3n) is 4.06. The molecule has 0 radical (unpaired) electrons. The first-order valence-corrected chi connectivity index (χ1v) is 7.40. The Morgan fingerprint density at radius 2 is 2.05 bits per heavy atom. The number of hydrogen-bond donors (Lipinski definition) is 2. The second-order valence-corrected chi connectivity index (χ2v) is 5.44. The number of aliphatic hydroxyl groups excluding tert-OH is 1. The van der Waals surface area contributed by atoms with Crippen LogP contribution in [0.5, 0.6) is 5.75 Å². The van der Waals surface area contributed by atoms with Crippen LogP contribution in [0.3, 0.4) is 0 Å². The summed E-state index contributed by atoms with van der Waals surface area (Å²) in [5, 5.41) is 13.7. The van der Waals surface area contributed by atoms with E-state index in [0.29, 0.717) is 17.7 Å². The Bertz CT molecular complexity index is 724. The van der Waals surface area contributed by atoms with E-state index in [2.05, 4.69) is 12.2 Å². The molecule has 2 aromatic carbocycles. The van der Waals surface area contributed by atoms with Crippen LogP contribution in [0.4, 0.5) is 5.69 Å². The lowest BCUT2D eigenvalue weighted by molar-refractivity contribution is -0.115. The summed E-state index contributed by atoms with van der Waals surface area (Å²) in [6.45, 7) is 2.06. The van der Waals surface area contributed by atoms with Gasteiger partial charge >= 0.3 is 0 Å². The Kier molecular flexibility index (Phi) is 3.86. The van der Waals surface area contributed by atoms with Crippen molar-refractivity contribution in [2.24, 2.45) is 0 Å². The molecule has 1 amide bonds. The Hall–Kier alpha value is -2.33. The number of methoxy groups -OCH3 is 1. The number of carbonyl (C=O) groups excluding carboxylic acids is 1. The topological polar surface area (TPSA) is 58.6 Å². The Labute approximate surface area is 129 Å². The van der Waals surface area contributed by atoms with Crippen molar-refractivity contribution in [2.75, 3.05) is 12.4 Å². The lowest BCUT2D eigenvalue weighted by atomic mass is 9.94. The van der Waals surface area contributed by atoms with Gasteiger partial charge in [0.05, 0.1) is 19.2 Å². The van der Waals surface area contributed by atoms with Crippen LogP contribution in [-0.2, 0) is 17.6 Å². The minimum atomic E-state index is -0.838. The molecule has 4 nitrogen and oxygen atoms in total. The number of benzene rings is 2. The van der Waals surface area contributed by atoms with Gasteiger partial charge in [0.15, 0.2) is 0 Å². The molecule has 0 spiro atoms. The van der Waals surface area contributed by atoms with E-state index in [1.165, 1.54) is 0 Å². The summed E-state index contributed by atoms with van der Waals surface area (Å²) >= 11 is 0. The van der Waals surface area contributed by atoms with Gasteiger partial charge in [-0.05, 0) is 23.6 Å². The third-order valence-corrected chi connectivity index (χ3v) is 4.06. The Morgan fingerprint density at radius 1 is 1.27 bits per heavy atom. The number of aliphatic hydroxyl groups is 1. The lowest BCUT2D eigenvalue weighted by Crippen LogP contribution is -2.08. The quantitative estimate of drug-likeness (QED) is 0.912. The number of para-hydroxylation sites is 1. The summed E-state index contributed by atoms with van der Waals surface area (Å²) in [4.78, 5) is 11.7. The van der Waals surface area contributed by atoms with Crippen molar-refractivity contribution in [3.05, 3.63) is 58.7 Å². The zero-order valence-electron chi connectivity index (χ0n) is 12.7. The maximum absolute atomic E-state index is 11.7. The van der Waals surface area contributed by atoms with E-state index in [1.54, 1.807) is 7.11 Å². The maximum Gasteiger partial charge on any atom is 0.228 e. The highest BCUT2D eigenvalue weighted by atomic mass is 16.5. The van der Waals surface area contributed by atoms with Crippen LogP contribution in [0, 0.1) is 0 Å². The first kappa shape index (κ1) is 14.6. The van der Waals surface area contributed by atoms with Gasteiger partial charge in [0.1, 0.15) is 11.9 Å². The largest absolute Gasteiger partial charge is 0.496 e. The molecular weight excluding hydrogens is 278 g/mol. The highest BCUT2D eigenvalue weighted by Crippen LogP contribution is 2.38. The van der Waals surface area contributed by atoms with Gasteiger partial charge in [-0.1, -0.05) is 37.3 Å². The minimum Gasteiger partial charge on any atom is -0.496 e. The molecule has 0 bridgehead atoms. The number of aryl methyl sites for hydroxylation is 1. The van der Waals surface area contributed by atoms with E-state index in [4.69, 9.17) is 4.74 Å². The number of fused-ring (bicyclic) bond motifs is 1. The fourth-order valence-corrected chi connectivity index (χ4v) is 2.92. The molecule has 22 heavy (non-hydrogen) atoms. The molecule has 1 aliphatic rings. The average molecular weight is 297 g/mol. The molecule has 3 rings (SSSR count). The minimum absolute atomic E-state index is 0.0308. The van der Waals surface area contributed by atoms with E-state index >= 15 is 0 Å². The molecule has 114 valence electrons. The second-order valence-electron chi connectivity index (χ2n) is 5.44. The van der Waals surface area contributed by atoms with E-state index in [-0.39, 0.29) is 5.91 Å². The molecule has 0 saturated carbocycles. The van der Waals surface area contributed by atoms with E-state index in [1.807, 2.05) is 36.4 Å². The Balaban J connectivity index is 2.11. The lowest BCUT2D eigenvalue weighted by Gasteiger charge is -2.19. The van der Waals surface area contributed by atoms with Crippen LogP contribution in [0.15, 0.2) is 36.4 Å². The van der Waals surface area contributed by atoms with Crippen molar-refractivity contribution in [1.82, 2.24) is 0 Å². The average Bonchev–Trinajstić information content (AvgIpc) is 2.93. The summed E-state index contributed by atoms with van der Waals surface area (Å²) in [6.07, 6.45) is 0.386. The molecule has 2 aromatic rings. The SMILES string of the molecule is CCc1cc2c(c(C(O)c3ccccc3OC)c1)NC(=O)C2. The predicted molar refractivity (Wildman–Crippen MR) is 85.2 cm³/mol. The maximum atomic E-state index is 11.7. The van der Waals surface area contributed by atoms with Crippen molar-refractivity contribution in [3.63, 3.8) is 0 Å². The highest BCUT2D eigenvalue weighted by molar-refractivity contribution is 6.00. The van der Waals surface area contributed by atoms with Crippen LogP contribution in [0.1, 0.15) is 35.3 Å². The molecule has 0 fully saturated rings. The molecule has 1 unspecified atom stereocenters. The molecule has 0 aliphatic carbocycles. The van der Waals surface area contributed by atoms with Gasteiger partial charge in [-0.15, -0.1) is 0 Å². The number of amides is 1. The first-order chi connectivity index (χ1) is 10.6. The van der Waals surface area contributed by atoms with Crippen molar-refractivity contribution in [2.45, 2.75) is 25.9 Å². The third kappa shape index (κ3) is 2.46. The van der Waals surface area contributed by atoms with Crippen LogP contribution < -0.4 is 10.1 Å². The zero-order chi connectivity index (χ0) is 15.7. The second kappa shape index (κ2) is 5.81.